The van der Waals surface area contributed by atoms with Gasteiger partial charge in [-0.2, -0.15) is 0 Å². The summed E-state index contributed by atoms with van der Waals surface area (Å²) in [4.78, 5) is 15.0. The fourth-order valence-electron chi connectivity index (χ4n) is 4.01. The first kappa shape index (κ1) is 13.0. The van der Waals surface area contributed by atoms with Crippen LogP contribution in [0.15, 0.2) is 12.2 Å². The smallest absolute Gasteiger partial charge is 0.233 e. The zero-order valence-corrected chi connectivity index (χ0v) is 12.2. The van der Waals surface area contributed by atoms with Crippen molar-refractivity contribution >= 4 is 5.91 Å². The molecule has 112 valence electrons. The number of allylic oxidation sites excluding steroid dienone is 2. The maximum Gasteiger partial charge on any atom is 0.233 e. The molecule has 3 heterocycles. The summed E-state index contributed by atoms with van der Waals surface area (Å²) < 4.78 is 1.82. The van der Waals surface area contributed by atoms with Gasteiger partial charge in [-0.15, -0.1) is 5.10 Å². The molecule has 0 N–H and O–H groups in total. The molecular formula is C15H21N5O. The minimum Gasteiger partial charge on any atom is -0.341 e. The lowest BCUT2D eigenvalue weighted by molar-refractivity contribution is -0.132. The molecule has 1 aromatic heterocycles. The lowest BCUT2D eigenvalue weighted by Gasteiger charge is -2.21. The van der Waals surface area contributed by atoms with Crippen LogP contribution >= 0.6 is 0 Å². The van der Waals surface area contributed by atoms with Gasteiger partial charge in [0.25, 0.3) is 0 Å². The van der Waals surface area contributed by atoms with Crippen LogP contribution in [-0.2, 0) is 11.3 Å². The first-order chi connectivity index (χ1) is 10.3. The van der Waals surface area contributed by atoms with E-state index in [1.54, 1.807) is 0 Å². The van der Waals surface area contributed by atoms with Crippen molar-refractivity contribution in [3.8, 4) is 0 Å². The normalized spacial score (nSPS) is 31.6. The number of hydrogen-bond donors (Lipinski definition) is 0. The second-order valence-electron chi connectivity index (χ2n) is 6.51. The van der Waals surface area contributed by atoms with Gasteiger partial charge < -0.3 is 4.90 Å². The SMILES string of the molecule is O=C([C@H]1CCCCn2nnnc21)N1C[C@H]2CC=CC[C@H]2C1. The minimum absolute atomic E-state index is 0.143. The van der Waals surface area contributed by atoms with Crippen LogP contribution < -0.4 is 0 Å². The van der Waals surface area contributed by atoms with Crippen LogP contribution in [0.2, 0.25) is 0 Å². The second kappa shape index (κ2) is 5.24. The van der Waals surface area contributed by atoms with Gasteiger partial charge in [-0.05, 0) is 47.9 Å². The predicted octanol–water partition coefficient (Wildman–Crippen LogP) is 1.37. The van der Waals surface area contributed by atoms with Crippen LogP contribution in [0.4, 0.5) is 0 Å². The summed E-state index contributed by atoms with van der Waals surface area (Å²) in [7, 11) is 0. The molecule has 0 spiro atoms. The van der Waals surface area contributed by atoms with Crippen molar-refractivity contribution in [2.24, 2.45) is 11.8 Å². The summed E-state index contributed by atoms with van der Waals surface area (Å²) in [6.45, 7) is 2.65. The lowest BCUT2D eigenvalue weighted by Crippen LogP contribution is -2.34. The highest BCUT2D eigenvalue weighted by Gasteiger charge is 2.39. The Bertz CT molecular complexity index is 550. The van der Waals surface area contributed by atoms with Crippen LogP contribution in [0, 0.1) is 11.8 Å². The van der Waals surface area contributed by atoms with Gasteiger partial charge in [0, 0.05) is 19.6 Å². The average Bonchev–Trinajstić information content (AvgIpc) is 3.09. The largest absolute Gasteiger partial charge is 0.341 e. The standard InChI is InChI=1S/C15H21N5O/c21-15(19-9-11-5-1-2-6-12(11)10-19)13-7-3-4-8-20-14(13)16-17-18-20/h1-2,11-13H,3-10H2/t11-,12+,13-/m0/s1. The molecule has 21 heavy (non-hydrogen) atoms. The number of rotatable bonds is 1. The van der Waals surface area contributed by atoms with Crippen molar-refractivity contribution in [2.45, 2.75) is 44.6 Å². The highest BCUT2D eigenvalue weighted by atomic mass is 16.2. The van der Waals surface area contributed by atoms with Crippen LogP contribution in [0.5, 0.6) is 0 Å². The fourth-order valence-corrected chi connectivity index (χ4v) is 4.01. The van der Waals surface area contributed by atoms with E-state index in [0.717, 1.165) is 57.6 Å². The van der Waals surface area contributed by atoms with Crippen molar-refractivity contribution in [3.63, 3.8) is 0 Å². The van der Waals surface area contributed by atoms with E-state index in [9.17, 15) is 4.79 Å². The second-order valence-corrected chi connectivity index (χ2v) is 6.51. The maximum atomic E-state index is 13.0. The summed E-state index contributed by atoms with van der Waals surface area (Å²) in [5, 5.41) is 11.9. The van der Waals surface area contributed by atoms with Gasteiger partial charge in [-0.1, -0.05) is 18.6 Å². The first-order valence-electron chi connectivity index (χ1n) is 8.03. The average molecular weight is 287 g/mol. The summed E-state index contributed by atoms with van der Waals surface area (Å²) in [5.41, 5.74) is 0. The molecule has 0 unspecified atom stereocenters. The first-order valence-corrected chi connectivity index (χ1v) is 8.03. The quantitative estimate of drug-likeness (QED) is 0.732. The number of likely N-dealkylation sites (tertiary alicyclic amines) is 1. The molecule has 1 aromatic rings. The van der Waals surface area contributed by atoms with Crippen LogP contribution in [0.3, 0.4) is 0 Å². The number of carbonyl (C=O) groups excluding carboxylic acids is 1. The van der Waals surface area contributed by atoms with Gasteiger partial charge in [0.05, 0.1) is 5.92 Å². The van der Waals surface area contributed by atoms with Crippen LogP contribution in [-0.4, -0.2) is 44.1 Å². The molecule has 3 atom stereocenters. The van der Waals surface area contributed by atoms with E-state index in [2.05, 4.69) is 32.6 Å². The van der Waals surface area contributed by atoms with E-state index in [0.29, 0.717) is 11.8 Å². The van der Waals surface area contributed by atoms with Crippen molar-refractivity contribution in [1.82, 2.24) is 25.1 Å². The lowest BCUT2D eigenvalue weighted by atomic mass is 9.86. The maximum absolute atomic E-state index is 13.0. The van der Waals surface area contributed by atoms with Crippen molar-refractivity contribution in [1.29, 1.82) is 0 Å². The van der Waals surface area contributed by atoms with Gasteiger partial charge in [0.1, 0.15) is 0 Å². The Balaban J connectivity index is 1.53. The van der Waals surface area contributed by atoms with E-state index in [-0.39, 0.29) is 11.8 Å². The topological polar surface area (TPSA) is 63.9 Å². The highest BCUT2D eigenvalue weighted by molar-refractivity contribution is 5.83. The number of nitrogens with zero attached hydrogens (tertiary/aromatic N) is 5. The van der Waals surface area contributed by atoms with Crippen LogP contribution in [0.1, 0.15) is 43.8 Å². The van der Waals surface area contributed by atoms with Crippen LogP contribution in [0.25, 0.3) is 0 Å². The Morgan fingerprint density at radius 1 is 1.14 bits per heavy atom. The highest BCUT2D eigenvalue weighted by Crippen LogP contribution is 2.35. The van der Waals surface area contributed by atoms with E-state index in [1.165, 1.54) is 0 Å². The molecule has 1 saturated heterocycles. The van der Waals surface area contributed by atoms with Gasteiger partial charge in [0.2, 0.25) is 5.91 Å². The van der Waals surface area contributed by atoms with Crippen molar-refractivity contribution in [2.75, 3.05) is 13.1 Å². The minimum atomic E-state index is -0.143. The number of aryl methyl sites for hydroxylation is 1. The molecule has 0 saturated carbocycles. The third-order valence-corrected chi connectivity index (χ3v) is 5.21. The monoisotopic (exact) mass is 287 g/mol. The Labute approximate surface area is 124 Å². The van der Waals surface area contributed by atoms with E-state index < -0.39 is 0 Å². The number of carbonyl (C=O) groups is 1. The molecule has 1 amide bonds. The van der Waals surface area contributed by atoms with Crippen molar-refractivity contribution in [3.05, 3.63) is 18.0 Å². The zero-order valence-electron chi connectivity index (χ0n) is 12.2. The molecule has 2 aliphatic heterocycles. The molecule has 6 nitrogen and oxygen atoms in total. The molecule has 1 fully saturated rings. The summed E-state index contributed by atoms with van der Waals surface area (Å²) in [5.74, 6) is 2.17. The summed E-state index contributed by atoms with van der Waals surface area (Å²) >= 11 is 0. The van der Waals surface area contributed by atoms with Gasteiger partial charge in [-0.25, -0.2) is 4.68 Å². The van der Waals surface area contributed by atoms with Gasteiger partial charge in [-0.3, -0.25) is 4.79 Å². The van der Waals surface area contributed by atoms with E-state index in [4.69, 9.17) is 0 Å². The molecule has 0 bridgehead atoms. The number of amides is 1. The van der Waals surface area contributed by atoms with Gasteiger partial charge >= 0.3 is 0 Å². The van der Waals surface area contributed by atoms with Gasteiger partial charge in [0.15, 0.2) is 5.82 Å². The number of aromatic nitrogens is 4. The molecule has 1 aliphatic carbocycles. The van der Waals surface area contributed by atoms with E-state index >= 15 is 0 Å². The molecule has 0 aromatic carbocycles. The number of fused-ring (bicyclic) bond motifs is 2. The van der Waals surface area contributed by atoms with E-state index in [1.807, 2.05) is 4.68 Å². The molecule has 3 aliphatic rings. The Morgan fingerprint density at radius 3 is 2.67 bits per heavy atom. The number of hydrogen-bond acceptors (Lipinski definition) is 4. The summed E-state index contributed by atoms with van der Waals surface area (Å²) in [6, 6.07) is 0. The third-order valence-electron chi connectivity index (χ3n) is 5.21. The zero-order chi connectivity index (χ0) is 14.2. The number of tetrazole rings is 1. The predicted molar refractivity (Wildman–Crippen MR) is 76.3 cm³/mol. The Kier molecular flexibility index (Phi) is 3.24. The van der Waals surface area contributed by atoms with Crippen molar-refractivity contribution < 1.29 is 4.79 Å². The molecule has 0 radical (unpaired) electrons. The Morgan fingerprint density at radius 2 is 1.90 bits per heavy atom. The summed E-state index contributed by atoms with van der Waals surface area (Å²) in [6.07, 6.45) is 9.76. The third kappa shape index (κ3) is 2.26. The molecule has 6 heteroatoms. The fraction of sp³-hybridized carbons (Fsp3) is 0.733. The Hall–Kier alpha value is -1.72. The molecule has 4 rings (SSSR count). The molecular weight excluding hydrogens is 266 g/mol.